The normalized spacial score (nSPS) is 23.4. The van der Waals surface area contributed by atoms with E-state index in [1.54, 1.807) is 11.8 Å². The molecule has 0 bridgehead atoms. The van der Waals surface area contributed by atoms with Gasteiger partial charge in [0.1, 0.15) is 6.04 Å². The molecule has 148 valence electrons. The topological polar surface area (TPSA) is 46.6 Å². The molecular formula is C21H28BrNO3S. The zero-order chi connectivity index (χ0) is 19.2. The molecule has 1 aromatic rings. The van der Waals surface area contributed by atoms with Crippen LogP contribution in [-0.2, 0) is 9.53 Å². The van der Waals surface area contributed by atoms with Crippen molar-refractivity contribution in [1.82, 2.24) is 4.90 Å². The first-order valence-electron chi connectivity index (χ1n) is 9.98. The second-order valence-corrected chi connectivity index (χ2v) is 9.45. The number of amides is 1. The molecule has 2 aliphatic rings. The first kappa shape index (κ1) is 20.7. The monoisotopic (exact) mass is 453 g/mol. The lowest BCUT2D eigenvalue weighted by Crippen LogP contribution is -2.48. The minimum Gasteiger partial charge on any atom is -0.464 e. The van der Waals surface area contributed by atoms with Gasteiger partial charge in [-0.05, 0) is 43.4 Å². The van der Waals surface area contributed by atoms with Gasteiger partial charge in [-0.25, -0.2) is 4.79 Å². The molecule has 0 spiro atoms. The zero-order valence-electron chi connectivity index (χ0n) is 15.9. The molecule has 0 aromatic heterocycles. The van der Waals surface area contributed by atoms with Gasteiger partial charge in [0.15, 0.2) is 0 Å². The van der Waals surface area contributed by atoms with Crippen molar-refractivity contribution in [3.8, 4) is 0 Å². The predicted molar refractivity (Wildman–Crippen MR) is 113 cm³/mol. The maximum absolute atomic E-state index is 13.4. The molecule has 6 heteroatoms. The standard InChI is InChI=1S/C21H28BrNO3S/c1-2-3-12-26-21(25)18-14-27-20(15-8-5-4-6-9-15)23(18)19(24)16-10-7-11-17(22)13-16/h7,10-11,13,15,18,20H,2-6,8-9,12,14H2,1H3. The van der Waals surface area contributed by atoms with Crippen molar-refractivity contribution in [3.63, 3.8) is 0 Å². The average Bonchev–Trinajstić information content (AvgIpc) is 3.13. The van der Waals surface area contributed by atoms with Gasteiger partial charge in [0.05, 0.1) is 12.0 Å². The predicted octanol–water partition coefficient (Wildman–Crippen LogP) is 5.26. The van der Waals surface area contributed by atoms with E-state index in [9.17, 15) is 9.59 Å². The minimum absolute atomic E-state index is 0.0608. The molecule has 2 fully saturated rings. The van der Waals surface area contributed by atoms with Gasteiger partial charge < -0.3 is 9.64 Å². The lowest BCUT2D eigenvalue weighted by molar-refractivity contribution is -0.148. The van der Waals surface area contributed by atoms with E-state index < -0.39 is 6.04 Å². The molecule has 4 nitrogen and oxygen atoms in total. The molecule has 0 radical (unpaired) electrons. The minimum atomic E-state index is -0.481. The van der Waals surface area contributed by atoms with E-state index in [0.29, 0.717) is 23.8 Å². The van der Waals surface area contributed by atoms with Gasteiger partial charge in [-0.1, -0.05) is 54.6 Å². The molecule has 0 N–H and O–H groups in total. The van der Waals surface area contributed by atoms with Crippen LogP contribution in [0.25, 0.3) is 0 Å². The smallest absolute Gasteiger partial charge is 0.329 e. The van der Waals surface area contributed by atoms with Crippen LogP contribution in [0.1, 0.15) is 62.2 Å². The highest BCUT2D eigenvalue weighted by atomic mass is 79.9. The molecule has 1 heterocycles. The second kappa shape index (κ2) is 9.97. The van der Waals surface area contributed by atoms with Crippen molar-refractivity contribution in [1.29, 1.82) is 0 Å². The second-order valence-electron chi connectivity index (χ2n) is 7.38. The van der Waals surface area contributed by atoms with Crippen LogP contribution < -0.4 is 0 Å². The van der Waals surface area contributed by atoms with Crippen molar-refractivity contribution in [2.24, 2.45) is 5.92 Å². The maximum atomic E-state index is 13.4. The fourth-order valence-electron chi connectivity index (χ4n) is 3.93. The van der Waals surface area contributed by atoms with E-state index in [4.69, 9.17) is 4.74 Å². The van der Waals surface area contributed by atoms with E-state index >= 15 is 0 Å². The lowest BCUT2D eigenvalue weighted by Gasteiger charge is -2.35. The highest BCUT2D eigenvalue weighted by Crippen LogP contribution is 2.41. The summed E-state index contributed by atoms with van der Waals surface area (Å²) < 4.78 is 6.36. The van der Waals surface area contributed by atoms with E-state index in [2.05, 4.69) is 22.9 Å². The molecule has 27 heavy (non-hydrogen) atoms. The van der Waals surface area contributed by atoms with Gasteiger partial charge in [-0.15, -0.1) is 11.8 Å². The maximum Gasteiger partial charge on any atom is 0.329 e. The molecular weight excluding hydrogens is 426 g/mol. The molecule has 1 saturated carbocycles. The number of benzene rings is 1. The van der Waals surface area contributed by atoms with Crippen molar-refractivity contribution >= 4 is 39.6 Å². The number of carbonyl (C=O) groups excluding carboxylic acids is 2. The summed E-state index contributed by atoms with van der Waals surface area (Å²) in [5, 5.41) is 0.0699. The van der Waals surface area contributed by atoms with Gasteiger partial charge in [-0.3, -0.25) is 4.79 Å². The van der Waals surface area contributed by atoms with E-state index in [-0.39, 0.29) is 17.3 Å². The van der Waals surface area contributed by atoms with E-state index in [1.165, 1.54) is 19.3 Å². The first-order chi connectivity index (χ1) is 13.1. The Morgan fingerprint density at radius 3 is 2.74 bits per heavy atom. The molecule has 1 aliphatic heterocycles. The summed E-state index contributed by atoms with van der Waals surface area (Å²) in [6.45, 7) is 2.50. The summed E-state index contributed by atoms with van der Waals surface area (Å²) in [5.74, 6) is 0.784. The number of rotatable bonds is 6. The Morgan fingerprint density at radius 1 is 1.26 bits per heavy atom. The van der Waals surface area contributed by atoms with Gasteiger partial charge in [-0.2, -0.15) is 0 Å². The summed E-state index contributed by atoms with van der Waals surface area (Å²) in [7, 11) is 0. The van der Waals surface area contributed by atoms with Crippen LogP contribution in [0.3, 0.4) is 0 Å². The molecule has 2 unspecified atom stereocenters. The Morgan fingerprint density at radius 2 is 2.04 bits per heavy atom. The molecule has 1 aliphatic carbocycles. The molecule has 1 saturated heterocycles. The molecule has 2 atom stereocenters. The van der Waals surface area contributed by atoms with Gasteiger partial charge in [0, 0.05) is 15.8 Å². The van der Waals surface area contributed by atoms with Crippen LogP contribution in [-0.4, -0.2) is 40.6 Å². The Bertz CT molecular complexity index is 663. The molecule has 1 aromatic carbocycles. The number of thioether (sulfide) groups is 1. The quantitative estimate of drug-likeness (QED) is 0.435. The number of carbonyl (C=O) groups is 2. The van der Waals surface area contributed by atoms with Crippen LogP contribution >= 0.6 is 27.7 Å². The number of hydrogen-bond acceptors (Lipinski definition) is 4. The summed E-state index contributed by atoms with van der Waals surface area (Å²) in [5.41, 5.74) is 0.624. The van der Waals surface area contributed by atoms with Crippen molar-refractivity contribution < 1.29 is 14.3 Å². The number of ether oxygens (including phenoxy) is 1. The lowest BCUT2D eigenvalue weighted by atomic mass is 9.88. The Hall–Kier alpha value is -1.01. The summed E-state index contributed by atoms with van der Waals surface area (Å²) in [4.78, 5) is 27.9. The van der Waals surface area contributed by atoms with Crippen molar-refractivity contribution in [2.45, 2.75) is 63.3 Å². The third-order valence-corrected chi connectivity index (χ3v) is 7.36. The van der Waals surface area contributed by atoms with Crippen LogP contribution in [0.2, 0.25) is 0 Å². The van der Waals surface area contributed by atoms with Gasteiger partial charge in [0.2, 0.25) is 0 Å². The van der Waals surface area contributed by atoms with Crippen LogP contribution in [0.4, 0.5) is 0 Å². The number of hydrogen-bond donors (Lipinski definition) is 0. The average molecular weight is 454 g/mol. The Kier molecular flexibility index (Phi) is 7.65. The Balaban J connectivity index is 1.82. The van der Waals surface area contributed by atoms with Gasteiger partial charge in [0.25, 0.3) is 5.91 Å². The number of halogens is 1. The Labute approximate surface area is 174 Å². The zero-order valence-corrected chi connectivity index (χ0v) is 18.3. The van der Waals surface area contributed by atoms with Crippen LogP contribution in [0.15, 0.2) is 28.7 Å². The SMILES string of the molecule is CCCCOC(=O)C1CSC(C2CCCCC2)N1C(=O)c1cccc(Br)c1. The third-order valence-electron chi connectivity index (χ3n) is 5.41. The first-order valence-corrected chi connectivity index (χ1v) is 11.8. The number of unbranched alkanes of at least 4 members (excludes halogenated alkanes) is 1. The number of esters is 1. The van der Waals surface area contributed by atoms with Crippen LogP contribution in [0.5, 0.6) is 0 Å². The van der Waals surface area contributed by atoms with E-state index in [0.717, 1.165) is 30.2 Å². The highest BCUT2D eigenvalue weighted by Gasteiger charge is 2.45. The fourth-order valence-corrected chi connectivity index (χ4v) is 5.96. The molecule has 3 rings (SSSR count). The largest absolute Gasteiger partial charge is 0.464 e. The summed E-state index contributed by atoms with van der Waals surface area (Å²) in [6.07, 6.45) is 7.82. The van der Waals surface area contributed by atoms with Crippen molar-refractivity contribution in [3.05, 3.63) is 34.3 Å². The van der Waals surface area contributed by atoms with E-state index in [1.807, 2.05) is 29.2 Å². The summed E-state index contributed by atoms with van der Waals surface area (Å²) >= 11 is 5.20. The fraction of sp³-hybridized carbons (Fsp3) is 0.619. The van der Waals surface area contributed by atoms with Gasteiger partial charge >= 0.3 is 5.97 Å². The number of nitrogens with zero attached hydrogens (tertiary/aromatic N) is 1. The third kappa shape index (κ3) is 5.08. The summed E-state index contributed by atoms with van der Waals surface area (Å²) in [6, 6.07) is 6.95. The van der Waals surface area contributed by atoms with Crippen molar-refractivity contribution in [2.75, 3.05) is 12.4 Å². The highest BCUT2D eigenvalue weighted by molar-refractivity contribution is 9.10. The molecule has 1 amide bonds. The van der Waals surface area contributed by atoms with Crippen LogP contribution in [0, 0.1) is 5.92 Å².